The summed E-state index contributed by atoms with van der Waals surface area (Å²) in [6, 6.07) is 5.84. The standard InChI is InChI=1S/C12H19N3.2CNS.Cu/c1-3-15(4-2)10-9-13-11-12-7-5-6-8-14-12;2*2-1-3;/h5-8,11H,3-4,9-10H2,1-2H3;;;/q;2*-1;+2. The van der Waals surface area contributed by atoms with Crippen molar-refractivity contribution >= 4 is 41.0 Å². The summed E-state index contributed by atoms with van der Waals surface area (Å²) in [5, 5.41) is 16.9. The molecule has 0 unspecified atom stereocenters. The molecular weight excluding hydrogens is 366 g/mol. The molecule has 0 amide bonds. The molecule has 0 aromatic carbocycles. The zero-order valence-corrected chi connectivity index (χ0v) is 15.1. The van der Waals surface area contributed by atoms with Crippen molar-refractivity contribution in [2.24, 2.45) is 4.99 Å². The first kappa shape index (κ1) is 25.8. The Balaban J connectivity index is -0.000000447. The van der Waals surface area contributed by atoms with Crippen LogP contribution in [0.3, 0.4) is 0 Å². The molecule has 1 rings (SSSR count). The van der Waals surface area contributed by atoms with Crippen LogP contribution in [0.1, 0.15) is 19.5 Å². The number of nitrogens with zero attached hydrogens (tertiary/aromatic N) is 5. The number of aromatic nitrogens is 1. The monoisotopic (exact) mass is 384 g/mol. The molecule has 0 atom stereocenters. The van der Waals surface area contributed by atoms with Crippen molar-refractivity contribution < 1.29 is 17.1 Å². The number of likely N-dealkylation sites (N-methyl/N-ethyl adjacent to an activating group) is 1. The van der Waals surface area contributed by atoms with Crippen molar-refractivity contribution in [1.29, 1.82) is 0 Å². The molecule has 0 saturated carbocycles. The van der Waals surface area contributed by atoms with E-state index in [1.807, 2.05) is 24.4 Å². The van der Waals surface area contributed by atoms with Gasteiger partial charge in [0.1, 0.15) is 0 Å². The fourth-order valence-corrected chi connectivity index (χ4v) is 1.35. The van der Waals surface area contributed by atoms with E-state index < -0.39 is 0 Å². The Morgan fingerprint density at radius 1 is 1.23 bits per heavy atom. The summed E-state index contributed by atoms with van der Waals surface area (Å²) < 4.78 is 0. The second-order valence-electron chi connectivity index (χ2n) is 3.50. The molecule has 0 aliphatic rings. The van der Waals surface area contributed by atoms with E-state index in [4.69, 9.17) is 10.8 Å². The zero-order chi connectivity index (χ0) is 16.3. The van der Waals surface area contributed by atoms with E-state index >= 15 is 0 Å². The van der Waals surface area contributed by atoms with Gasteiger partial charge in [-0.15, -0.1) is 0 Å². The van der Waals surface area contributed by atoms with Crippen LogP contribution in [0.25, 0.3) is 10.8 Å². The van der Waals surface area contributed by atoms with Crippen molar-refractivity contribution in [3.8, 4) is 0 Å². The average molecular weight is 385 g/mol. The average Bonchev–Trinajstić information content (AvgIpc) is 2.50. The van der Waals surface area contributed by atoms with Crippen molar-refractivity contribution in [3.63, 3.8) is 0 Å². The van der Waals surface area contributed by atoms with Crippen LogP contribution < -0.4 is 0 Å². The molecular formula is C14H19CuN5S2. The molecule has 0 spiro atoms. The summed E-state index contributed by atoms with van der Waals surface area (Å²) in [4.78, 5) is 10.9. The molecule has 0 bridgehead atoms. The van der Waals surface area contributed by atoms with E-state index in [9.17, 15) is 0 Å². The first-order chi connectivity index (χ1) is 10.2. The van der Waals surface area contributed by atoms with E-state index in [-0.39, 0.29) is 17.1 Å². The molecule has 1 aromatic rings. The fraction of sp³-hybridized carbons (Fsp3) is 0.429. The maximum atomic E-state index is 7.13. The Morgan fingerprint density at radius 3 is 2.18 bits per heavy atom. The van der Waals surface area contributed by atoms with Crippen molar-refractivity contribution in [2.75, 3.05) is 26.2 Å². The second kappa shape index (κ2) is 22.2. The number of rotatable bonds is 6. The van der Waals surface area contributed by atoms with Crippen LogP contribution in [0.2, 0.25) is 0 Å². The molecule has 0 fully saturated rings. The number of hydrogen-bond acceptors (Lipinski definition) is 5. The van der Waals surface area contributed by atoms with Crippen LogP contribution in [-0.4, -0.2) is 52.6 Å². The molecule has 0 aliphatic heterocycles. The Labute approximate surface area is 153 Å². The molecule has 123 valence electrons. The van der Waals surface area contributed by atoms with E-state index in [2.05, 4.69) is 53.2 Å². The quantitative estimate of drug-likeness (QED) is 0.429. The maximum absolute atomic E-state index is 7.13. The van der Waals surface area contributed by atoms with Gasteiger partial charge in [-0.25, -0.2) is 0 Å². The molecule has 0 N–H and O–H groups in total. The Hall–Kier alpha value is -1.10. The maximum Gasteiger partial charge on any atom is 2.00 e. The van der Waals surface area contributed by atoms with Gasteiger partial charge in [0.25, 0.3) is 0 Å². The van der Waals surface area contributed by atoms with Gasteiger partial charge in [-0.3, -0.25) is 9.98 Å². The molecule has 0 saturated heterocycles. The van der Waals surface area contributed by atoms with Gasteiger partial charge < -0.3 is 15.7 Å². The molecule has 5 nitrogen and oxygen atoms in total. The smallest absolute Gasteiger partial charge is 0.753 e. The van der Waals surface area contributed by atoms with Crippen LogP contribution >= 0.6 is 24.4 Å². The molecule has 22 heavy (non-hydrogen) atoms. The minimum absolute atomic E-state index is 0. The summed E-state index contributed by atoms with van der Waals surface area (Å²) in [5.74, 6) is 0. The zero-order valence-electron chi connectivity index (χ0n) is 12.6. The van der Waals surface area contributed by atoms with Gasteiger partial charge in [0.2, 0.25) is 0 Å². The topological polar surface area (TPSA) is 73.1 Å². The second-order valence-corrected chi connectivity index (χ2v) is 3.86. The third-order valence-corrected chi connectivity index (χ3v) is 2.35. The molecule has 1 radical (unpaired) electrons. The largest absolute Gasteiger partial charge is 2.00 e. The van der Waals surface area contributed by atoms with Crippen molar-refractivity contribution in [2.45, 2.75) is 13.8 Å². The first-order valence-electron chi connectivity index (χ1n) is 6.35. The normalized spacial score (nSPS) is 8.50. The minimum atomic E-state index is 0. The summed E-state index contributed by atoms with van der Waals surface area (Å²) in [5.41, 5.74) is 0.928. The predicted molar refractivity (Wildman–Crippen MR) is 96.4 cm³/mol. The van der Waals surface area contributed by atoms with Crippen molar-refractivity contribution in [3.05, 3.63) is 40.9 Å². The van der Waals surface area contributed by atoms with Gasteiger partial charge in [-0.1, -0.05) is 44.3 Å². The van der Waals surface area contributed by atoms with Crippen LogP contribution in [0.5, 0.6) is 0 Å². The summed E-state index contributed by atoms with van der Waals surface area (Å²) >= 11 is 7.40. The Kier molecular flexibility index (Phi) is 26.0. The van der Waals surface area contributed by atoms with Crippen LogP contribution in [0.15, 0.2) is 29.4 Å². The number of thiocarbonyl (C=S) groups is 2. The van der Waals surface area contributed by atoms with Crippen LogP contribution in [0.4, 0.5) is 0 Å². The first-order valence-corrected chi connectivity index (χ1v) is 7.17. The van der Waals surface area contributed by atoms with E-state index in [0.717, 1.165) is 31.9 Å². The van der Waals surface area contributed by atoms with Gasteiger partial charge in [0.05, 0.1) is 12.2 Å². The number of pyridine rings is 1. The minimum Gasteiger partial charge on any atom is -0.753 e. The SMILES string of the molecule is CCN(CC)CCN=Cc1ccccn1.[Cu+2].[N-]=C=S.[N-]=C=S. The van der Waals surface area contributed by atoms with Gasteiger partial charge in [-0.2, -0.15) is 10.3 Å². The number of hydrogen-bond donors (Lipinski definition) is 0. The summed E-state index contributed by atoms with van der Waals surface area (Å²) in [6.07, 6.45) is 3.62. The number of isothiocyanates is 2. The van der Waals surface area contributed by atoms with Gasteiger partial charge in [-0.05, 0) is 25.2 Å². The third-order valence-electron chi connectivity index (χ3n) is 2.35. The third kappa shape index (κ3) is 18.9. The van der Waals surface area contributed by atoms with Gasteiger partial charge in [0.15, 0.2) is 0 Å². The van der Waals surface area contributed by atoms with Crippen LogP contribution in [-0.2, 0) is 17.1 Å². The van der Waals surface area contributed by atoms with E-state index in [0.29, 0.717) is 0 Å². The molecule has 8 heteroatoms. The van der Waals surface area contributed by atoms with Crippen LogP contribution in [0, 0.1) is 0 Å². The summed E-state index contributed by atoms with van der Waals surface area (Å²) in [6.45, 7) is 8.40. The van der Waals surface area contributed by atoms with Crippen molar-refractivity contribution in [1.82, 2.24) is 9.88 Å². The summed E-state index contributed by atoms with van der Waals surface area (Å²) in [7, 11) is 0. The Bertz CT molecular complexity index is 426. The van der Waals surface area contributed by atoms with E-state index in [1.54, 1.807) is 6.20 Å². The predicted octanol–water partition coefficient (Wildman–Crippen LogP) is 3.16. The van der Waals surface area contributed by atoms with Gasteiger partial charge >= 0.3 is 17.1 Å². The molecule has 0 aliphatic carbocycles. The van der Waals surface area contributed by atoms with Gasteiger partial charge in [0, 0.05) is 19.0 Å². The Morgan fingerprint density at radius 2 is 1.77 bits per heavy atom. The molecule has 1 heterocycles. The fourth-order valence-electron chi connectivity index (χ4n) is 1.35. The van der Waals surface area contributed by atoms with E-state index in [1.165, 1.54) is 10.3 Å². The number of aliphatic imine (C=N–C) groups is 1. The molecule has 1 aromatic heterocycles.